The molecule has 3 heteroatoms. The molecule has 20 heavy (non-hydrogen) atoms. The maximum absolute atomic E-state index is 5.92. The van der Waals surface area contributed by atoms with Crippen molar-refractivity contribution in [2.75, 3.05) is 13.2 Å². The largest absolute Gasteiger partial charge is 0.493 e. The summed E-state index contributed by atoms with van der Waals surface area (Å²) in [6, 6.07) is 4.92. The highest BCUT2D eigenvalue weighted by Crippen LogP contribution is 2.41. The summed E-state index contributed by atoms with van der Waals surface area (Å²) in [5, 5.41) is 3.74. The number of fused-ring (bicyclic) bond motifs is 1. The van der Waals surface area contributed by atoms with Crippen molar-refractivity contribution in [1.29, 1.82) is 0 Å². The first kappa shape index (κ1) is 14.4. The molecule has 1 aliphatic carbocycles. The minimum Gasteiger partial charge on any atom is -0.493 e. The van der Waals surface area contributed by atoms with E-state index < -0.39 is 0 Å². The van der Waals surface area contributed by atoms with Crippen molar-refractivity contribution >= 4 is 15.9 Å². The number of hydrogen-bond acceptors (Lipinski definition) is 2. The minimum atomic E-state index is 0.449. The third-order valence-corrected chi connectivity index (χ3v) is 5.04. The fourth-order valence-electron chi connectivity index (χ4n) is 3.26. The molecule has 1 aromatic carbocycles. The molecule has 3 rings (SSSR count). The predicted octanol–water partition coefficient (Wildman–Crippen LogP) is 4.61. The van der Waals surface area contributed by atoms with Crippen LogP contribution in [0.3, 0.4) is 0 Å². The van der Waals surface area contributed by atoms with Crippen LogP contribution in [0.4, 0.5) is 0 Å². The van der Waals surface area contributed by atoms with Crippen LogP contribution in [0.1, 0.15) is 56.2 Å². The van der Waals surface area contributed by atoms with Gasteiger partial charge >= 0.3 is 0 Å². The summed E-state index contributed by atoms with van der Waals surface area (Å²) >= 11 is 3.67. The number of nitrogens with one attached hydrogen (secondary N) is 1. The van der Waals surface area contributed by atoms with Gasteiger partial charge in [0, 0.05) is 22.5 Å². The van der Waals surface area contributed by atoms with Crippen LogP contribution in [0.25, 0.3) is 0 Å². The van der Waals surface area contributed by atoms with Crippen molar-refractivity contribution < 1.29 is 4.74 Å². The molecule has 0 spiro atoms. The Bertz CT molecular complexity index is 470. The van der Waals surface area contributed by atoms with E-state index in [1.165, 1.54) is 47.7 Å². The molecule has 1 atom stereocenters. The van der Waals surface area contributed by atoms with Crippen LogP contribution in [-0.2, 0) is 6.42 Å². The zero-order valence-electron chi connectivity index (χ0n) is 12.3. The molecule has 2 nitrogen and oxygen atoms in total. The fraction of sp³-hybridized carbons (Fsp3) is 0.647. The number of benzene rings is 1. The van der Waals surface area contributed by atoms with Gasteiger partial charge in [-0.05, 0) is 43.0 Å². The van der Waals surface area contributed by atoms with Gasteiger partial charge in [0.1, 0.15) is 5.75 Å². The molecule has 1 saturated carbocycles. The van der Waals surface area contributed by atoms with Crippen molar-refractivity contribution in [3.63, 3.8) is 0 Å². The van der Waals surface area contributed by atoms with Gasteiger partial charge < -0.3 is 10.1 Å². The summed E-state index contributed by atoms with van der Waals surface area (Å²) < 4.78 is 7.11. The Kier molecular flexibility index (Phi) is 4.67. The summed E-state index contributed by atoms with van der Waals surface area (Å²) in [4.78, 5) is 0. The molecule has 2 aliphatic rings. The van der Waals surface area contributed by atoms with E-state index in [-0.39, 0.29) is 0 Å². The van der Waals surface area contributed by atoms with Crippen LogP contribution in [0.5, 0.6) is 5.75 Å². The van der Waals surface area contributed by atoms with Gasteiger partial charge in [-0.1, -0.05) is 42.1 Å². The first-order valence-corrected chi connectivity index (χ1v) is 8.75. The van der Waals surface area contributed by atoms with Gasteiger partial charge in [-0.3, -0.25) is 0 Å². The summed E-state index contributed by atoms with van der Waals surface area (Å²) in [5.74, 6) is 2.06. The number of hydrogen-bond donors (Lipinski definition) is 1. The van der Waals surface area contributed by atoms with Crippen LogP contribution in [0.2, 0.25) is 0 Å². The first-order chi connectivity index (χ1) is 9.78. The van der Waals surface area contributed by atoms with Gasteiger partial charge in [0.2, 0.25) is 0 Å². The number of ether oxygens (including phenoxy) is 1. The Morgan fingerprint density at radius 2 is 2.25 bits per heavy atom. The number of halogens is 1. The summed E-state index contributed by atoms with van der Waals surface area (Å²) in [6.45, 7) is 4.15. The Morgan fingerprint density at radius 1 is 1.40 bits per heavy atom. The van der Waals surface area contributed by atoms with Crippen LogP contribution in [-0.4, -0.2) is 13.2 Å². The average Bonchev–Trinajstić information content (AvgIpc) is 2.84. The molecule has 1 unspecified atom stereocenters. The molecule has 1 aromatic rings. The Morgan fingerprint density at radius 3 is 2.95 bits per heavy atom. The predicted molar refractivity (Wildman–Crippen MR) is 86.3 cm³/mol. The van der Waals surface area contributed by atoms with Gasteiger partial charge in [-0.25, -0.2) is 0 Å². The van der Waals surface area contributed by atoms with Crippen LogP contribution >= 0.6 is 15.9 Å². The highest BCUT2D eigenvalue weighted by Gasteiger charge is 2.27. The monoisotopic (exact) mass is 337 g/mol. The normalized spacial score (nSPS) is 19.3. The standard InChI is InChI=1S/C17H24BrNO/c1-2-7-19-16(9-12-4-3-5-12)15-11-14(18)10-13-6-8-20-17(13)15/h10-12,16,19H,2-9H2,1H3. The second-order valence-electron chi connectivity index (χ2n) is 6.12. The molecule has 1 aliphatic heterocycles. The van der Waals surface area contributed by atoms with E-state index in [0.29, 0.717) is 6.04 Å². The molecule has 0 bridgehead atoms. The molecule has 0 saturated heterocycles. The van der Waals surface area contributed by atoms with Gasteiger partial charge in [-0.15, -0.1) is 0 Å². The lowest BCUT2D eigenvalue weighted by Gasteiger charge is -2.31. The van der Waals surface area contributed by atoms with Crippen molar-refractivity contribution in [3.8, 4) is 5.75 Å². The molecular weight excluding hydrogens is 314 g/mol. The Labute approximate surface area is 130 Å². The lowest BCUT2D eigenvalue weighted by molar-refractivity contribution is 0.257. The van der Waals surface area contributed by atoms with Crippen molar-refractivity contribution in [1.82, 2.24) is 5.32 Å². The first-order valence-electron chi connectivity index (χ1n) is 7.96. The second-order valence-corrected chi connectivity index (χ2v) is 7.04. The van der Waals surface area contributed by atoms with E-state index in [4.69, 9.17) is 4.74 Å². The van der Waals surface area contributed by atoms with E-state index in [1.54, 1.807) is 0 Å². The van der Waals surface area contributed by atoms with E-state index in [2.05, 4.69) is 40.3 Å². The molecule has 110 valence electrons. The lowest BCUT2D eigenvalue weighted by Crippen LogP contribution is -2.27. The van der Waals surface area contributed by atoms with Gasteiger partial charge in [0.25, 0.3) is 0 Å². The SMILES string of the molecule is CCCNC(CC1CCC1)c1cc(Br)cc2c1OCC2. The van der Waals surface area contributed by atoms with Crippen LogP contribution < -0.4 is 10.1 Å². The smallest absolute Gasteiger partial charge is 0.127 e. The van der Waals surface area contributed by atoms with Crippen molar-refractivity contribution in [2.45, 2.75) is 51.5 Å². The molecule has 1 heterocycles. The zero-order valence-corrected chi connectivity index (χ0v) is 13.8. The lowest BCUT2D eigenvalue weighted by atomic mass is 9.79. The maximum Gasteiger partial charge on any atom is 0.127 e. The summed E-state index contributed by atoms with van der Waals surface area (Å²) in [7, 11) is 0. The molecule has 1 fully saturated rings. The molecule has 0 radical (unpaired) electrons. The maximum atomic E-state index is 5.92. The molecule has 1 N–H and O–H groups in total. The molecule has 0 aromatic heterocycles. The highest BCUT2D eigenvalue weighted by molar-refractivity contribution is 9.10. The van der Waals surface area contributed by atoms with Crippen LogP contribution in [0, 0.1) is 5.92 Å². The minimum absolute atomic E-state index is 0.449. The van der Waals surface area contributed by atoms with E-state index in [0.717, 1.165) is 31.2 Å². The quantitative estimate of drug-likeness (QED) is 0.817. The zero-order chi connectivity index (χ0) is 13.9. The molecular formula is C17H24BrNO. The third-order valence-electron chi connectivity index (χ3n) is 4.59. The van der Waals surface area contributed by atoms with E-state index in [1.807, 2.05) is 0 Å². The van der Waals surface area contributed by atoms with E-state index in [9.17, 15) is 0 Å². The highest BCUT2D eigenvalue weighted by atomic mass is 79.9. The van der Waals surface area contributed by atoms with Gasteiger partial charge in [-0.2, -0.15) is 0 Å². The van der Waals surface area contributed by atoms with Gasteiger partial charge in [0.05, 0.1) is 6.61 Å². The van der Waals surface area contributed by atoms with E-state index >= 15 is 0 Å². The van der Waals surface area contributed by atoms with Crippen molar-refractivity contribution in [3.05, 3.63) is 27.7 Å². The second kappa shape index (κ2) is 6.48. The topological polar surface area (TPSA) is 21.3 Å². The molecule has 0 amide bonds. The third kappa shape index (κ3) is 3.04. The average molecular weight is 338 g/mol. The van der Waals surface area contributed by atoms with Crippen LogP contribution in [0.15, 0.2) is 16.6 Å². The van der Waals surface area contributed by atoms with Gasteiger partial charge in [0.15, 0.2) is 0 Å². The Hall–Kier alpha value is -0.540. The Balaban J connectivity index is 1.85. The summed E-state index contributed by atoms with van der Waals surface area (Å²) in [6.07, 6.45) is 7.71. The fourth-order valence-corrected chi connectivity index (χ4v) is 3.78. The van der Waals surface area contributed by atoms with Crippen molar-refractivity contribution in [2.24, 2.45) is 5.92 Å². The summed E-state index contributed by atoms with van der Waals surface area (Å²) in [5.41, 5.74) is 2.73. The number of rotatable bonds is 6.